The molecule has 1 N–H and O–H groups in total. The van der Waals surface area contributed by atoms with E-state index < -0.39 is 0 Å². The summed E-state index contributed by atoms with van der Waals surface area (Å²) in [7, 11) is 0. The zero-order valence-electron chi connectivity index (χ0n) is 13.3. The summed E-state index contributed by atoms with van der Waals surface area (Å²) in [6.45, 7) is 5.82. The van der Waals surface area contributed by atoms with Gasteiger partial charge in [0.1, 0.15) is 0 Å². The van der Waals surface area contributed by atoms with Crippen molar-refractivity contribution in [1.82, 2.24) is 15.2 Å². The maximum absolute atomic E-state index is 4.13. The van der Waals surface area contributed by atoms with E-state index in [0.717, 1.165) is 12.5 Å². The van der Waals surface area contributed by atoms with Gasteiger partial charge in [-0.1, -0.05) is 19.3 Å². The van der Waals surface area contributed by atoms with Gasteiger partial charge in [-0.15, -0.1) is 0 Å². The Hall–Kier alpha value is -0.930. The van der Waals surface area contributed by atoms with Crippen LogP contribution in [0.3, 0.4) is 0 Å². The zero-order valence-corrected chi connectivity index (χ0v) is 13.3. The van der Waals surface area contributed by atoms with Crippen LogP contribution in [0.2, 0.25) is 0 Å². The Morgan fingerprint density at radius 3 is 2.67 bits per heavy atom. The predicted molar refractivity (Wildman–Crippen MR) is 87.1 cm³/mol. The van der Waals surface area contributed by atoms with Gasteiger partial charge in [0.15, 0.2) is 0 Å². The van der Waals surface area contributed by atoms with Gasteiger partial charge in [0.2, 0.25) is 0 Å². The van der Waals surface area contributed by atoms with Crippen LogP contribution >= 0.6 is 0 Å². The van der Waals surface area contributed by atoms with Crippen LogP contribution in [0, 0.1) is 5.92 Å². The monoisotopic (exact) mass is 287 g/mol. The standard InChI is InChI=1S/C18H29N3/c1-15-7-12-20-18(17-5-3-2-4-6-17)14-21(15)13-16-8-10-19-11-9-16/h8-11,15,17-18,20H,2-7,12-14H2,1H3. The maximum atomic E-state index is 4.13. The third kappa shape index (κ3) is 4.04. The molecule has 0 amide bonds. The highest BCUT2D eigenvalue weighted by atomic mass is 15.2. The molecule has 1 aromatic rings. The molecule has 1 aromatic heterocycles. The molecule has 0 bridgehead atoms. The van der Waals surface area contributed by atoms with Crippen molar-refractivity contribution in [2.75, 3.05) is 13.1 Å². The fourth-order valence-corrected chi connectivity index (χ4v) is 3.95. The smallest absolute Gasteiger partial charge is 0.0271 e. The van der Waals surface area contributed by atoms with E-state index in [4.69, 9.17) is 0 Å². The summed E-state index contributed by atoms with van der Waals surface area (Å²) in [6.07, 6.45) is 12.2. The van der Waals surface area contributed by atoms with Gasteiger partial charge in [0.05, 0.1) is 0 Å². The lowest BCUT2D eigenvalue weighted by Gasteiger charge is -2.34. The molecular weight excluding hydrogens is 258 g/mol. The second-order valence-corrected chi connectivity index (χ2v) is 6.88. The molecule has 0 aromatic carbocycles. The van der Waals surface area contributed by atoms with E-state index in [1.807, 2.05) is 12.4 Å². The summed E-state index contributed by atoms with van der Waals surface area (Å²) in [4.78, 5) is 6.81. The van der Waals surface area contributed by atoms with Crippen molar-refractivity contribution >= 4 is 0 Å². The molecule has 1 aliphatic carbocycles. The lowest BCUT2D eigenvalue weighted by molar-refractivity contribution is 0.165. The summed E-state index contributed by atoms with van der Waals surface area (Å²) in [5.74, 6) is 0.893. The fourth-order valence-electron chi connectivity index (χ4n) is 3.95. The first-order chi connectivity index (χ1) is 10.3. The largest absolute Gasteiger partial charge is 0.312 e. The van der Waals surface area contributed by atoms with E-state index in [9.17, 15) is 0 Å². The highest BCUT2D eigenvalue weighted by molar-refractivity contribution is 5.10. The van der Waals surface area contributed by atoms with Crippen molar-refractivity contribution in [2.45, 2.75) is 64.1 Å². The van der Waals surface area contributed by atoms with Crippen LogP contribution < -0.4 is 5.32 Å². The number of hydrogen-bond donors (Lipinski definition) is 1. The van der Waals surface area contributed by atoms with E-state index in [-0.39, 0.29) is 0 Å². The van der Waals surface area contributed by atoms with Crippen molar-refractivity contribution in [3.63, 3.8) is 0 Å². The fraction of sp³-hybridized carbons (Fsp3) is 0.722. The molecule has 2 atom stereocenters. The first-order valence-electron chi connectivity index (χ1n) is 8.69. The van der Waals surface area contributed by atoms with Crippen LogP contribution in [0.15, 0.2) is 24.5 Å². The molecule has 3 rings (SSSR count). The van der Waals surface area contributed by atoms with Crippen molar-refractivity contribution in [3.05, 3.63) is 30.1 Å². The van der Waals surface area contributed by atoms with Gasteiger partial charge >= 0.3 is 0 Å². The predicted octanol–water partition coefficient (Wildman–Crippen LogP) is 3.21. The van der Waals surface area contributed by atoms with Crippen molar-refractivity contribution in [2.24, 2.45) is 5.92 Å². The number of nitrogens with one attached hydrogen (secondary N) is 1. The second-order valence-electron chi connectivity index (χ2n) is 6.88. The Kier molecular flexibility index (Phi) is 5.26. The molecule has 2 unspecified atom stereocenters. The molecule has 2 fully saturated rings. The zero-order chi connectivity index (χ0) is 14.5. The number of pyridine rings is 1. The number of hydrogen-bond acceptors (Lipinski definition) is 3. The lowest BCUT2D eigenvalue weighted by atomic mass is 9.83. The molecule has 1 saturated carbocycles. The van der Waals surface area contributed by atoms with E-state index in [0.29, 0.717) is 12.1 Å². The third-order valence-corrected chi connectivity index (χ3v) is 5.38. The van der Waals surface area contributed by atoms with E-state index in [1.54, 1.807) is 0 Å². The molecule has 3 nitrogen and oxygen atoms in total. The molecule has 1 aliphatic heterocycles. The molecule has 0 spiro atoms. The Morgan fingerprint density at radius 2 is 1.90 bits per heavy atom. The van der Waals surface area contributed by atoms with E-state index >= 15 is 0 Å². The first kappa shape index (κ1) is 15.0. The molecule has 3 heteroatoms. The van der Waals surface area contributed by atoms with Crippen molar-refractivity contribution in [1.29, 1.82) is 0 Å². The number of rotatable bonds is 3. The first-order valence-corrected chi connectivity index (χ1v) is 8.69. The molecular formula is C18H29N3. The SMILES string of the molecule is CC1CCNC(C2CCCCC2)CN1Cc1ccncc1. The Bertz CT molecular complexity index is 414. The normalized spacial score (nSPS) is 29.2. The van der Waals surface area contributed by atoms with Gasteiger partial charge in [0, 0.05) is 37.6 Å². The van der Waals surface area contributed by atoms with Gasteiger partial charge in [-0.25, -0.2) is 0 Å². The molecule has 21 heavy (non-hydrogen) atoms. The van der Waals surface area contributed by atoms with Crippen molar-refractivity contribution in [3.8, 4) is 0 Å². The summed E-state index contributed by atoms with van der Waals surface area (Å²) < 4.78 is 0. The quantitative estimate of drug-likeness (QED) is 0.925. The van der Waals surface area contributed by atoms with Gasteiger partial charge < -0.3 is 5.32 Å². The Balaban J connectivity index is 1.65. The summed E-state index contributed by atoms with van der Waals surface area (Å²) in [6, 6.07) is 5.66. The molecule has 116 valence electrons. The molecule has 2 aliphatic rings. The highest BCUT2D eigenvalue weighted by Crippen LogP contribution is 2.28. The molecule has 0 radical (unpaired) electrons. The maximum Gasteiger partial charge on any atom is 0.0271 e. The highest BCUT2D eigenvalue weighted by Gasteiger charge is 2.29. The second kappa shape index (κ2) is 7.37. The Morgan fingerprint density at radius 1 is 1.14 bits per heavy atom. The minimum Gasteiger partial charge on any atom is -0.312 e. The van der Waals surface area contributed by atoms with Gasteiger partial charge in [-0.2, -0.15) is 0 Å². The van der Waals surface area contributed by atoms with Crippen LogP contribution in [0.4, 0.5) is 0 Å². The van der Waals surface area contributed by atoms with Crippen LogP contribution in [0.25, 0.3) is 0 Å². The Labute approximate surface area is 129 Å². The number of aromatic nitrogens is 1. The summed E-state index contributed by atoms with van der Waals surface area (Å²) in [5, 5.41) is 3.84. The minimum absolute atomic E-state index is 0.666. The minimum atomic E-state index is 0.666. The molecule has 1 saturated heterocycles. The van der Waals surface area contributed by atoms with Crippen LogP contribution in [-0.2, 0) is 6.54 Å². The lowest BCUT2D eigenvalue weighted by Crippen LogP contribution is -2.44. The van der Waals surface area contributed by atoms with Crippen LogP contribution in [0.5, 0.6) is 0 Å². The van der Waals surface area contributed by atoms with Crippen LogP contribution in [-0.4, -0.2) is 35.1 Å². The third-order valence-electron chi connectivity index (χ3n) is 5.38. The number of nitrogens with zero attached hydrogens (tertiary/aromatic N) is 2. The summed E-state index contributed by atoms with van der Waals surface area (Å²) in [5.41, 5.74) is 1.39. The van der Waals surface area contributed by atoms with Gasteiger partial charge in [-0.05, 0) is 56.3 Å². The topological polar surface area (TPSA) is 28.2 Å². The average molecular weight is 287 g/mol. The van der Waals surface area contributed by atoms with Crippen molar-refractivity contribution < 1.29 is 0 Å². The van der Waals surface area contributed by atoms with Gasteiger partial charge in [0.25, 0.3) is 0 Å². The van der Waals surface area contributed by atoms with E-state index in [2.05, 4.69) is 34.3 Å². The summed E-state index contributed by atoms with van der Waals surface area (Å²) >= 11 is 0. The van der Waals surface area contributed by atoms with Crippen LogP contribution in [0.1, 0.15) is 51.0 Å². The van der Waals surface area contributed by atoms with Gasteiger partial charge in [-0.3, -0.25) is 9.88 Å². The average Bonchev–Trinajstić information content (AvgIpc) is 2.72. The molecule has 2 heterocycles. The van der Waals surface area contributed by atoms with E-state index in [1.165, 1.54) is 57.2 Å².